The van der Waals surface area contributed by atoms with Crippen molar-refractivity contribution in [3.05, 3.63) is 47.8 Å². The van der Waals surface area contributed by atoms with E-state index in [-0.39, 0.29) is 18.2 Å². The zero-order valence-electron chi connectivity index (χ0n) is 14.0. The number of amides is 1. The molecular weight excluding hydrogens is 342 g/mol. The molecule has 3 heterocycles. The minimum atomic E-state index is -3.40. The molecule has 0 saturated carbocycles. The number of carbonyl (C=O) groups excluding carboxylic acids is 1. The van der Waals surface area contributed by atoms with Crippen LogP contribution in [0.5, 0.6) is 0 Å². The third-order valence-corrected chi connectivity index (χ3v) is 4.98. The Hall–Kier alpha value is -2.68. The van der Waals surface area contributed by atoms with Crippen LogP contribution in [0.1, 0.15) is 5.56 Å². The maximum Gasteiger partial charge on any atom is 0.256 e. The topological polar surface area (TPSA) is 95.0 Å². The van der Waals surface area contributed by atoms with Crippen LogP contribution in [0.15, 0.2) is 46.7 Å². The highest BCUT2D eigenvalue weighted by Gasteiger charge is 2.25. The first-order valence-corrected chi connectivity index (χ1v) is 9.35. The number of amidine groups is 1. The largest absolute Gasteiger partial charge is 0.362 e. The maximum absolute atomic E-state index is 12.4. The van der Waals surface area contributed by atoms with Gasteiger partial charge in [0.15, 0.2) is 0 Å². The highest BCUT2D eigenvalue weighted by atomic mass is 32.2. The lowest BCUT2D eigenvalue weighted by atomic mass is 10.1. The van der Waals surface area contributed by atoms with E-state index in [0.29, 0.717) is 18.0 Å². The van der Waals surface area contributed by atoms with Gasteiger partial charge in [-0.25, -0.2) is 13.4 Å². The molecule has 1 aromatic heterocycles. The van der Waals surface area contributed by atoms with Crippen molar-refractivity contribution < 1.29 is 13.2 Å². The van der Waals surface area contributed by atoms with E-state index >= 15 is 0 Å². The van der Waals surface area contributed by atoms with Crippen LogP contribution >= 0.6 is 0 Å². The van der Waals surface area contributed by atoms with Crippen LogP contribution in [-0.2, 0) is 21.4 Å². The molecule has 0 unspecified atom stereocenters. The molecule has 0 fully saturated rings. The number of nitrogens with one attached hydrogen (secondary N) is 1. The average Bonchev–Trinajstić information content (AvgIpc) is 2.58. The third-order valence-electron chi connectivity index (χ3n) is 3.82. The second-order valence-electron chi connectivity index (χ2n) is 5.91. The van der Waals surface area contributed by atoms with Crippen molar-refractivity contribution in [2.24, 2.45) is 4.40 Å². The van der Waals surface area contributed by atoms with Crippen LogP contribution in [-0.4, -0.2) is 56.4 Å². The summed E-state index contributed by atoms with van der Waals surface area (Å²) in [6, 6.07) is 3.74. The second-order valence-corrected chi connectivity index (χ2v) is 7.66. The van der Waals surface area contributed by atoms with E-state index in [1.165, 1.54) is 0 Å². The van der Waals surface area contributed by atoms with Gasteiger partial charge in [-0.1, -0.05) is 6.07 Å². The molecular formula is C16H19N5O3S. The molecule has 0 atom stereocenters. The Balaban J connectivity index is 1.70. The van der Waals surface area contributed by atoms with E-state index in [4.69, 9.17) is 0 Å². The van der Waals surface area contributed by atoms with Gasteiger partial charge in [0.1, 0.15) is 11.7 Å². The summed E-state index contributed by atoms with van der Waals surface area (Å²) in [4.78, 5) is 20.3. The van der Waals surface area contributed by atoms with Crippen molar-refractivity contribution in [2.75, 3.05) is 31.3 Å². The Morgan fingerprint density at radius 2 is 2.16 bits per heavy atom. The van der Waals surface area contributed by atoms with Crippen LogP contribution in [0.3, 0.4) is 0 Å². The number of hydrogen-bond acceptors (Lipinski definition) is 6. The van der Waals surface area contributed by atoms with Gasteiger partial charge in [0, 0.05) is 45.1 Å². The van der Waals surface area contributed by atoms with Crippen molar-refractivity contribution >= 4 is 27.6 Å². The van der Waals surface area contributed by atoms with Crippen molar-refractivity contribution in [1.82, 2.24) is 15.2 Å². The summed E-state index contributed by atoms with van der Waals surface area (Å²) in [5.41, 5.74) is 1.36. The van der Waals surface area contributed by atoms with Gasteiger partial charge in [0.25, 0.3) is 15.9 Å². The second kappa shape index (κ2) is 6.67. The van der Waals surface area contributed by atoms with Crippen molar-refractivity contribution in [3.8, 4) is 0 Å². The Bertz CT molecular complexity index is 887. The van der Waals surface area contributed by atoms with Gasteiger partial charge in [-0.15, -0.1) is 4.40 Å². The normalized spacial score (nSPS) is 18.1. The number of nitrogens with zero attached hydrogens (tertiary/aromatic N) is 4. The predicted octanol–water partition coefficient (Wildman–Crippen LogP) is 0.261. The zero-order chi connectivity index (χ0) is 18.0. The van der Waals surface area contributed by atoms with E-state index in [9.17, 15) is 13.2 Å². The van der Waals surface area contributed by atoms with E-state index in [1.807, 2.05) is 31.1 Å². The first-order valence-electron chi connectivity index (χ1n) is 7.74. The summed E-state index contributed by atoms with van der Waals surface area (Å²) in [6.45, 7) is 0.635. The van der Waals surface area contributed by atoms with Crippen LogP contribution in [0, 0.1) is 0 Å². The van der Waals surface area contributed by atoms with E-state index in [0.717, 1.165) is 11.4 Å². The fraction of sp³-hybridized carbons (Fsp3) is 0.312. The Morgan fingerprint density at radius 3 is 2.92 bits per heavy atom. The van der Waals surface area contributed by atoms with Crippen LogP contribution in [0.2, 0.25) is 0 Å². The molecule has 1 aromatic rings. The number of hydrogen-bond donors (Lipinski definition) is 1. The Morgan fingerprint density at radius 1 is 1.36 bits per heavy atom. The van der Waals surface area contributed by atoms with Crippen molar-refractivity contribution in [3.63, 3.8) is 0 Å². The monoisotopic (exact) mass is 361 g/mol. The first-order chi connectivity index (χ1) is 11.9. The number of fused-ring (bicyclic) bond motifs is 1. The molecule has 1 N–H and O–H groups in total. The maximum atomic E-state index is 12.4. The minimum Gasteiger partial charge on any atom is -0.362 e. The van der Waals surface area contributed by atoms with Crippen LogP contribution in [0.25, 0.3) is 0 Å². The highest BCUT2D eigenvalue weighted by molar-refractivity contribution is 7.90. The number of carbonyl (C=O) groups is 1. The number of aromatic nitrogens is 1. The van der Waals surface area contributed by atoms with Crippen molar-refractivity contribution in [1.29, 1.82) is 0 Å². The molecule has 3 rings (SSSR count). The summed E-state index contributed by atoms with van der Waals surface area (Å²) < 4.78 is 26.7. The fourth-order valence-electron chi connectivity index (χ4n) is 2.58. The minimum absolute atomic E-state index is 0.0579. The first kappa shape index (κ1) is 17.2. The molecule has 132 valence electrons. The summed E-state index contributed by atoms with van der Waals surface area (Å²) in [7, 11) is 0.392. The van der Waals surface area contributed by atoms with Gasteiger partial charge >= 0.3 is 0 Å². The third kappa shape index (κ3) is 3.87. The molecule has 25 heavy (non-hydrogen) atoms. The van der Waals surface area contributed by atoms with Gasteiger partial charge in [0.05, 0.1) is 11.3 Å². The standard InChI is InChI=1S/C16H19N5O3S/c1-20(2)15-12(4-3-7-17-15)10-18-16(22)13-5-6-14-19-25(23,24)9-8-21(14)11-13/h3-7,11H,8-10H2,1-2H3,(H,18,22). The van der Waals surface area contributed by atoms with Gasteiger partial charge in [-0.2, -0.15) is 0 Å². The van der Waals surface area contributed by atoms with E-state index in [2.05, 4.69) is 14.7 Å². The SMILES string of the molecule is CN(C)c1ncccc1CNC(=O)C1=CN2CCS(=O)(=O)N=C2C=C1. The summed E-state index contributed by atoms with van der Waals surface area (Å²) in [6.07, 6.45) is 6.44. The molecule has 2 aliphatic heterocycles. The van der Waals surface area contributed by atoms with Gasteiger partial charge < -0.3 is 15.1 Å². The smallest absolute Gasteiger partial charge is 0.256 e. The molecule has 0 saturated heterocycles. The molecule has 9 heteroatoms. The molecule has 1 amide bonds. The summed E-state index contributed by atoms with van der Waals surface area (Å²) in [5, 5.41) is 2.87. The lowest BCUT2D eigenvalue weighted by Gasteiger charge is -2.27. The lowest BCUT2D eigenvalue weighted by Crippen LogP contribution is -2.38. The fourth-order valence-corrected chi connectivity index (χ4v) is 3.55. The molecule has 0 aromatic carbocycles. The van der Waals surface area contributed by atoms with Gasteiger partial charge in [0.2, 0.25) is 0 Å². The molecule has 0 radical (unpaired) electrons. The molecule has 2 aliphatic rings. The zero-order valence-corrected chi connectivity index (χ0v) is 14.8. The summed E-state index contributed by atoms with van der Waals surface area (Å²) >= 11 is 0. The molecule has 8 nitrogen and oxygen atoms in total. The van der Waals surface area contributed by atoms with Crippen LogP contribution in [0.4, 0.5) is 5.82 Å². The number of pyridine rings is 1. The Kier molecular flexibility index (Phi) is 4.58. The predicted molar refractivity (Wildman–Crippen MR) is 95.6 cm³/mol. The summed E-state index contributed by atoms with van der Waals surface area (Å²) in [5.74, 6) is 0.839. The van der Waals surface area contributed by atoms with Crippen LogP contribution < -0.4 is 10.2 Å². The van der Waals surface area contributed by atoms with Gasteiger partial charge in [-0.05, 0) is 18.2 Å². The molecule has 0 spiro atoms. The van der Waals surface area contributed by atoms with E-state index < -0.39 is 10.0 Å². The quantitative estimate of drug-likeness (QED) is 0.827. The number of rotatable bonds is 4. The lowest BCUT2D eigenvalue weighted by molar-refractivity contribution is -0.117. The molecule has 0 aliphatic carbocycles. The van der Waals surface area contributed by atoms with Crippen molar-refractivity contribution in [2.45, 2.75) is 6.54 Å². The Labute approximate surface area is 146 Å². The van der Waals surface area contributed by atoms with Gasteiger partial charge in [-0.3, -0.25) is 4.79 Å². The average molecular weight is 361 g/mol. The number of anilines is 1. The molecule has 0 bridgehead atoms. The highest BCUT2D eigenvalue weighted by Crippen LogP contribution is 2.17. The van der Waals surface area contributed by atoms with E-state index in [1.54, 1.807) is 29.4 Å². The number of sulfonamides is 1.